The van der Waals surface area contributed by atoms with E-state index in [1.54, 1.807) is 24.3 Å². The van der Waals surface area contributed by atoms with Crippen LogP contribution in [0.2, 0.25) is 0 Å². The van der Waals surface area contributed by atoms with Crippen molar-refractivity contribution in [2.24, 2.45) is 0 Å². The van der Waals surface area contributed by atoms with Crippen LogP contribution >= 0.6 is 0 Å². The van der Waals surface area contributed by atoms with E-state index in [1.807, 2.05) is 6.92 Å². The molecule has 28 heavy (non-hydrogen) atoms. The van der Waals surface area contributed by atoms with Gasteiger partial charge in [-0.25, -0.2) is 19.6 Å². The van der Waals surface area contributed by atoms with Crippen LogP contribution in [0, 0.1) is 0 Å². The topological polar surface area (TPSA) is 113 Å². The molecule has 0 unspecified atom stereocenters. The second-order valence-corrected chi connectivity index (χ2v) is 5.60. The van der Waals surface area contributed by atoms with Crippen LogP contribution in [0.3, 0.4) is 0 Å². The highest BCUT2D eigenvalue weighted by atomic mass is 16.5. The number of aromatic nitrogens is 2. The Morgan fingerprint density at radius 3 is 1.75 bits per heavy atom. The van der Waals surface area contributed by atoms with Crippen molar-refractivity contribution in [3.63, 3.8) is 0 Å². The van der Waals surface area contributed by atoms with Crippen LogP contribution in [-0.4, -0.2) is 47.7 Å². The largest absolute Gasteiger partial charge is 0.464 e. The molecule has 0 atom stereocenters. The molecule has 0 spiro atoms. The molecular formula is C20H22N2O6. The first kappa shape index (κ1) is 22.6. The molecule has 2 heterocycles. The van der Waals surface area contributed by atoms with Gasteiger partial charge < -0.3 is 9.47 Å². The van der Waals surface area contributed by atoms with Crippen LogP contribution in [0.5, 0.6) is 0 Å². The SMILES string of the molecule is CCc1cc(C(C)=O)nc(C(=O)OC)c1.COC(=O)c1cccc(C(C)=O)n1. The minimum absolute atomic E-state index is 0.148. The smallest absolute Gasteiger partial charge is 0.356 e. The van der Waals surface area contributed by atoms with E-state index in [0.717, 1.165) is 12.0 Å². The Kier molecular flexibility index (Phi) is 8.61. The Morgan fingerprint density at radius 2 is 1.25 bits per heavy atom. The van der Waals surface area contributed by atoms with Crippen molar-refractivity contribution in [2.45, 2.75) is 27.2 Å². The summed E-state index contributed by atoms with van der Waals surface area (Å²) in [5, 5.41) is 0. The van der Waals surface area contributed by atoms with E-state index >= 15 is 0 Å². The standard InChI is InChI=1S/C11H13NO3.C9H9NO3/c1-4-8-5-9(7(2)13)12-10(6-8)11(14)15-3;1-6(11)7-4-3-5-8(10-7)9(12)13-2/h5-6H,4H2,1-3H3;3-5H,1-2H3. The average molecular weight is 386 g/mol. The number of ether oxygens (including phenoxy) is 2. The first-order chi connectivity index (χ1) is 13.2. The highest BCUT2D eigenvalue weighted by Gasteiger charge is 2.12. The fraction of sp³-hybridized carbons (Fsp3) is 0.300. The lowest BCUT2D eigenvalue weighted by Gasteiger charge is -2.04. The van der Waals surface area contributed by atoms with Gasteiger partial charge in [0.05, 0.1) is 14.2 Å². The van der Waals surface area contributed by atoms with E-state index in [9.17, 15) is 19.2 Å². The van der Waals surface area contributed by atoms with Gasteiger partial charge in [0.15, 0.2) is 11.6 Å². The van der Waals surface area contributed by atoms with Crippen molar-refractivity contribution in [1.82, 2.24) is 9.97 Å². The first-order valence-electron chi connectivity index (χ1n) is 8.40. The summed E-state index contributed by atoms with van der Waals surface area (Å²) in [5.74, 6) is -1.39. The van der Waals surface area contributed by atoms with Gasteiger partial charge in [-0.3, -0.25) is 9.59 Å². The summed E-state index contributed by atoms with van der Waals surface area (Å²) < 4.78 is 9.02. The van der Waals surface area contributed by atoms with Crippen LogP contribution < -0.4 is 0 Å². The number of carbonyl (C=O) groups is 4. The highest BCUT2D eigenvalue weighted by Crippen LogP contribution is 2.09. The third kappa shape index (κ3) is 6.39. The molecule has 0 aliphatic carbocycles. The van der Waals surface area contributed by atoms with Crippen molar-refractivity contribution < 1.29 is 28.7 Å². The Bertz CT molecular complexity index is 892. The summed E-state index contributed by atoms with van der Waals surface area (Å²) in [5.41, 5.74) is 1.80. The number of hydrogen-bond acceptors (Lipinski definition) is 8. The zero-order valence-corrected chi connectivity index (χ0v) is 16.4. The van der Waals surface area contributed by atoms with E-state index in [4.69, 9.17) is 0 Å². The maximum atomic E-state index is 11.3. The summed E-state index contributed by atoms with van der Waals surface area (Å²) in [6.07, 6.45) is 0.743. The number of ketones is 2. The molecule has 0 saturated heterocycles. The molecule has 0 amide bonds. The number of rotatable bonds is 5. The van der Waals surface area contributed by atoms with Crippen LogP contribution in [0.25, 0.3) is 0 Å². The van der Waals surface area contributed by atoms with Gasteiger partial charge in [0.25, 0.3) is 0 Å². The van der Waals surface area contributed by atoms with Gasteiger partial charge in [-0.05, 0) is 36.2 Å². The number of hydrogen-bond donors (Lipinski definition) is 0. The number of nitrogens with zero attached hydrogens (tertiary/aromatic N) is 2. The summed E-state index contributed by atoms with van der Waals surface area (Å²) in [6, 6.07) is 7.97. The Morgan fingerprint density at radius 1 is 0.786 bits per heavy atom. The fourth-order valence-electron chi connectivity index (χ4n) is 2.03. The van der Waals surface area contributed by atoms with Crippen LogP contribution in [0.15, 0.2) is 30.3 Å². The molecule has 0 aromatic carbocycles. The zero-order chi connectivity index (χ0) is 21.3. The number of carbonyl (C=O) groups excluding carboxylic acids is 4. The Hall–Kier alpha value is -3.42. The Balaban J connectivity index is 0.000000283. The Labute approximate surface area is 162 Å². The lowest BCUT2D eigenvalue weighted by molar-refractivity contribution is 0.0585. The summed E-state index contributed by atoms with van der Waals surface area (Å²) in [7, 11) is 2.56. The predicted octanol–water partition coefficient (Wildman–Crippen LogP) is 2.70. The third-order valence-corrected chi connectivity index (χ3v) is 3.55. The van der Waals surface area contributed by atoms with Crippen molar-refractivity contribution in [2.75, 3.05) is 14.2 Å². The molecule has 0 aliphatic heterocycles. The van der Waals surface area contributed by atoms with Gasteiger partial charge in [-0.2, -0.15) is 0 Å². The van der Waals surface area contributed by atoms with Gasteiger partial charge in [0.2, 0.25) is 0 Å². The molecule has 0 bridgehead atoms. The van der Waals surface area contributed by atoms with Crippen LogP contribution in [0.1, 0.15) is 68.3 Å². The number of Topliss-reactive ketones (excluding diaryl/α,β-unsaturated/α-hetero) is 2. The molecule has 2 aromatic heterocycles. The normalized spacial score (nSPS) is 9.61. The molecule has 2 rings (SSSR count). The minimum atomic E-state index is -0.539. The lowest BCUT2D eigenvalue weighted by Crippen LogP contribution is -2.09. The lowest BCUT2D eigenvalue weighted by atomic mass is 10.1. The van der Waals surface area contributed by atoms with Gasteiger partial charge in [-0.1, -0.05) is 13.0 Å². The van der Waals surface area contributed by atoms with E-state index in [-0.39, 0.29) is 28.6 Å². The molecule has 0 fully saturated rings. The summed E-state index contributed by atoms with van der Waals surface area (Å²) >= 11 is 0. The van der Waals surface area contributed by atoms with E-state index < -0.39 is 11.9 Å². The predicted molar refractivity (Wildman–Crippen MR) is 101 cm³/mol. The quantitative estimate of drug-likeness (QED) is 0.569. The van der Waals surface area contributed by atoms with Gasteiger partial charge >= 0.3 is 11.9 Å². The molecule has 8 nitrogen and oxygen atoms in total. The molecular weight excluding hydrogens is 364 g/mol. The summed E-state index contributed by atoms with van der Waals surface area (Å²) in [4.78, 5) is 52.1. The second kappa shape index (κ2) is 10.7. The molecule has 148 valence electrons. The molecule has 0 N–H and O–H groups in total. The molecule has 0 saturated carbocycles. The number of methoxy groups -OCH3 is 2. The zero-order valence-electron chi connectivity index (χ0n) is 16.4. The highest BCUT2D eigenvalue weighted by molar-refractivity contribution is 5.95. The second-order valence-electron chi connectivity index (χ2n) is 5.60. The van der Waals surface area contributed by atoms with Gasteiger partial charge in [0.1, 0.15) is 22.8 Å². The number of aryl methyl sites for hydroxylation is 1. The first-order valence-corrected chi connectivity index (χ1v) is 8.40. The molecule has 0 radical (unpaired) electrons. The van der Waals surface area contributed by atoms with Crippen LogP contribution in [0.4, 0.5) is 0 Å². The van der Waals surface area contributed by atoms with Crippen molar-refractivity contribution in [3.05, 3.63) is 58.7 Å². The van der Waals surface area contributed by atoms with Crippen molar-refractivity contribution in [1.29, 1.82) is 0 Å². The third-order valence-electron chi connectivity index (χ3n) is 3.55. The summed E-state index contributed by atoms with van der Waals surface area (Å²) in [6.45, 7) is 4.76. The fourth-order valence-corrected chi connectivity index (χ4v) is 2.03. The van der Waals surface area contributed by atoms with Gasteiger partial charge in [0, 0.05) is 13.8 Å². The monoisotopic (exact) mass is 386 g/mol. The maximum Gasteiger partial charge on any atom is 0.356 e. The van der Waals surface area contributed by atoms with Gasteiger partial charge in [-0.15, -0.1) is 0 Å². The van der Waals surface area contributed by atoms with Crippen molar-refractivity contribution in [3.8, 4) is 0 Å². The van der Waals surface area contributed by atoms with Crippen molar-refractivity contribution >= 4 is 23.5 Å². The van der Waals surface area contributed by atoms with Crippen LogP contribution in [-0.2, 0) is 15.9 Å². The van der Waals surface area contributed by atoms with E-state index in [2.05, 4.69) is 19.4 Å². The average Bonchev–Trinajstić information content (AvgIpc) is 2.72. The van der Waals surface area contributed by atoms with E-state index in [1.165, 1.54) is 34.1 Å². The maximum absolute atomic E-state index is 11.3. The number of esters is 2. The minimum Gasteiger partial charge on any atom is -0.464 e. The molecule has 0 aliphatic rings. The molecule has 8 heteroatoms. The number of pyridine rings is 2. The van der Waals surface area contributed by atoms with E-state index in [0.29, 0.717) is 5.69 Å². The molecule has 2 aromatic rings.